The molecule has 0 aliphatic heterocycles. The second-order valence-corrected chi connectivity index (χ2v) is 4.02. The topological polar surface area (TPSA) is 75.6 Å². The summed E-state index contributed by atoms with van der Waals surface area (Å²) in [5.74, 6) is -0.260. The van der Waals surface area contributed by atoms with Crippen LogP contribution < -0.4 is 5.32 Å². The fourth-order valence-corrected chi connectivity index (χ4v) is 1.43. The molecule has 0 fully saturated rings. The third-order valence-corrected chi connectivity index (χ3v) is 2.35. The quantitative estimate of drug-likeness (QED) is 0.698. The molecule has 14 heavy (non-hydrogen) atoms. The largest absolute Gasteiger partial charge is 0.347 e. The zero-order valence-corrected chi connectivity index (χ0v) is 10.1. The molecular formula is C8H20NO4P. The number of carbonyl (C=O) groups excluding carboxylic acids is 1. The average Bonchev–Trinajstić information content (AvgIpc) is 2.17. The van der Waals surface area contributed by atoms with Gasteiger partial charge in [-0.15, -0.1) is 0 Å². The van der Waals surface area contributed by atoms with E-state index < -0.39 is 7.60 Å². The maximum Gasteiger partial charge on any atom is 0.347 e. The Kier molecular flexibility index (Phi) is 10.5. The molecule has 0 saturated heterocycles. The molecular weight excluding hydrogens is 205 g/mol. The van der Waals surface area contributed by atoms with E-state index in [1.54, 1.807) is 13.8 Å². The van der Waals surface area contributed by atoms with E-state index in [-0.39, 0.29) is 18.8 Å². The molecule has 0 rings (SSSR count). The van der Waals surface area contributed by atoms with E-state index in [0.717, 1.165) is 0 Å². The van der Waals surface area contributed by atoms with Gasteiger partial charge < -0.3 is 14.7 Å². The molecule has 6 heteroatoms. The fourth-order valence-electron chi connectivity index (χ4n) is 0.560. The van der Waals surface area contributed by atoms with E-state index in [1.807, 2.05) is 13.8 Å². The van der Waals surface area contributed by atoms with Crippen LogP contribution in [0.25, 0.3) is 0 Å². The number of hydrogen-bond donors (Lipinski definition) is 2. The molecule has 2 N–H and O–H groups in total. The molecule has 0 aliphatic carbocycles. The Morgan fingerprint density at radius 3 is 2.29 bits per heavy atom. The molecule has 86 valence electrons. The van der Waals surface area contributed by atoms with Crippen molar-refractivity contribution in [2.24, 2.45) is 0 Å². The molecule has 0 aromatic carbocycles. The summed E-state index contributed by atoms with van der Waals surface area (Å²) in [6.45, 7) is 7.44. The summed E-state index contributed by atoms with van der Waals surface area (Å²) in [6.07, 6.45) is -0.0142. The van der Waals surface area contributed by atoms with Crippen molar-refractivity contribution in [2.75, 3.05) is 12.9 Å². The predicted octanol–water partition coefficient (Wildman–Crippen LogP) is 1.72. The van der Waals surface area contributed by atoms with Crippen molar-refractivity contribution in [3.05, 3.63) is 0 Å². The van der Waals surface area contributed by atoms with Crippen LogP contribution in [0.1, 0.15) is 34.1 Å². The zero-order chi connectivity index (χ0) is 11.6. The molecule has 0 aromatic heterocycles. The van der Waals surface area contributed by atoms with Crippen molar-refractivity contribution in [1.82, 2.24) is 5.32 Å². The van der Waals surface area contributed by atoms with Gasteiger partial charge in [0.05, 0.1) is 6.61 Å². The minimum atomic E-state index is -3.59. The summed E-state index contributed by atoms with van der Waals surface area (Å²) in [5.41, 5.74) is 0. The highest BCUT2D eigenvalue weighted by Crippen LogP contribution is 2.39. The Morgan fingerprint density at radius 1 is 1.43 bits per heavy atom. The lowest BCUT2D eigenvalue weighted by Crippen LogP contribution is -2.23. The maximum absolute atomic E-state index is 11.0. The highest BCUT2D eigenvalue weighted by Gasteiger charge is 2.18. The molecule has 0 radical (unpaired) electrons. The van der Waals surface area contributed by atoms with Gasteiger partial charge in [0.25, 0.3) is 0 Å². The molecule has 5 nitrogen and oxygen atoms in total. The normalized spacial score (nSPS) is 13.5. The number of rotatable bonds is 5. The molecule has 1 atom stereocenters. The minimum Gasteiger partial charge on any atom is -0.344 e. The van der Waals surface area contributed by atoms with Crippen LogP contribution in [0.4, 0.5) is 0 Å². The Hall–Kier alpha value is -0.380. The van der Waals surface area contributed by atoms with Crippen LogP contribution in [0, 0.1) is 0 Å². The van der Waals surface area contributed by atoms with Crippen molar-refractivity contribution >= 4 is 13.5 Å². The minimum absolute atomic E-state index is 0.162. The molecule has 0 heterocycles. The van der Waals surface area contributed by atoms with Gasteiger partial charge in [0.1, 0.15) is 6.29 Å². The maximum atomic E-state index is 11.0. The van der Waals surface area contributed by atoms with Crippen LogP contribution in [-0.4, -0.2) is 23.7 Å². The van der Waals surface area contributed by atoms with E-state index in [1.165, 1.54) is 0 Å². The van der Waals surface area contributed by atoms with Gasteiger partial charge in [-0.3, -0.25) is 9.36 Å². The monoisotopic (exact) mass is 225 g/mol. The first-order valence-electron chi connectivity index (χ1n) is 4.75. The molecule has 0 aromatic rings. The first kappa shape index (κ1) is 16.1. The van der Waals surface area contributed by atoms with Crippen molar-refractivity contribution in [3.63, 3.8) is 0 Å². The van der Waals surface area contributed by atoms with Gasteiger partial charge in [0.15, 0.2) is 0 Å². The van der Waals surface area contributed by atoms with Gasteiger partial charge in [-0.1, -0.05) is 20.8 Å². The van der Waals surface area contributed by atoms with E-state index >= 15 is 0 Å². The molecule has 0 aliphatic rings. The highest BCUT2D eigenvalue weighted by atomic mass is 31.2. The summed E-state index contributed by atoms with van der Waals surface area (Å²) in [6, 6.07) is 0. The summed E-state index contributed by atoms with van der Waals surface area (Å²) < 4.78 is 15.5. The lowest BCUT2D eigenvalue weighted by Gasteiger charge is -2.10. The van der Waals surface area contributed by atoms with Gasteiger partial charge in [-0.05, 0) is 6.92 Å². The SMILES string of the molecule is CC.CCOP(=O)(O)CNC(=O)CC. The van der Waals surface area contributed by atoms with Crippen LogP contribution in [0.3, 0.4) is 0 Å². The summed E-state index contributed by atoms with van der Waals surface area (Å²) in [5, 5.41) is 2.28. The van der Waals surface area contributed by atoms with Crippen LogP contribution in [0.15, 0.2) is 0 Å². The first-order valence-corrected chi connectivity index (χ1v) is 6.51. The Morgan fingerprint density at radius 2 is 1.93 bits per heavy atom. The third kappa shape index (κ3) is 9.71. The van der Waals surface area contributed by atoms with Gasteiger partial charge in [-0.2, -0.15) is 0 Å². The lowest BCUT2D eigenvalue weighted by atomic mass is 10.5. The third-order valence-electron chi connectivity index (χ3n) is 1.13. The number of hydrogen-bond acceptors (Lipinski definition) is 3. The zero-order valence-electron chi connectivity index (χ0n) is 9.24. The molecule has 0 saturated carbocycles. The van der Waals surface area contributed by atoms with Crippen molar-refractivity contribution in [2.45, 2.75) is 34.1 Å². The van der Waals surface area contributed by atoms with Gasteiger partial charge in [0.2, 0.25) is 5.91 Å². The highest BCUT2D eigenvalue weighted by molar-refractivity contribution is 7.52. The van der Waals surface area contributed by atoms with E-state index in [0.29, 0.717) is 6.42 Å². The Balaban J connectivity index is 0. The summed E-state index contributed by atoms with van der Waals surface area (Å²) in [4.78, 5) is 19.6. The Labute approximate surface area is 85.4 Å². The van der Waals surface area contributed by atoms with Gasteiger partial charge in [0, 0.05) is 6.42 Å². The standard InChI is InChI=1S/C6H14NO4P.C2H6/c1-3-6(8)7-5-12(9,10)11-4-2;1-2/h3-5H2,1-2H3,(H,7,8)(H,9,10);1-2H3. The average molecular weight is 225 g/mol. The van der Waals surface area contributed by atoms with Crippen LogP contribution >= 0.6 is 7.60 Å². The van der Waals surface area contributed by atoms with Crippen molar-refractivity contribution in [3.8, 4) is 0 Å². The second-order valence-electron chi connectivity index (χ2n) is 2.17. The number of carbonyl (C=O) groups is 1. The van der Waals surface area contributed by atoms with Crippen molar-refractivity contribution < 1.29 is 18.8 Å². The van der Waals surface area contributed by atoms with E-state index in [9.17, 15) is 9.36 Å². The lowest BCUT2D eigenvalue weighted by molar-refractivity contribution is -0.120. The molecule has 1 unspecified atom stereocenters. The molecule has 0 spiro atoms. The number of nitrogens with one attached hydrogen (secondary N) is 1. The second kappa shape index (κ2) is 9.19. The van der Waals surface area contributed by atoms with Crippen LogP contribution in [0.2, 0.25) is 0 Å². The summed E-state index contributed by atoms with van der Waals surface area (Å²) >= 11 is 0. The number of amides is 1. The van der Waals surface area contributed by atoms with Gasteiger partial charge >= 0.3 is 7.60 Å². The van der Waals surface area contributed by atoms with Gasteiger partial charge in [-0.25, -0.2) is 0 Å². The first-order chi connectivity index (χ1) is 6.52. The van der Waals surface area contributed by atoms with E-state index in [2.05, 4.69) is 9.84 Å². The smallest absolute Gasteiger partial charge is 0.344 e. The van der Waals surface area contributed by atoms with Crippen molar-refractivity contribution in [1.29, 1.82) is 0 Å². The van der Waals surface area contributed by atoms with Crippen LogP contribution in [0.5, 0.6) is 0 Å². The predicted molar refractivity (Wildman–Crippen MR) is 56.1 cm³/mol. The van der Waals surface area contributed by atoms with Crippen LogP contribution in [-0.2, 0) is 13.9 Å². The van der Waals surface area contributed by atoms with E-state index in [4.69, 9.17) is 4.89 Å². The Bertz CT molecular complexity index is 196. The molecule has 1 amide bonds. The summed E-state index contributed by atoms with van der Waals surface area (Å²) in [7, 11) is -3.59. The fraction of sp³-hybridized carbons (Fsp3) is 0.875. The molecule has 0 bridgehead atoms.